The highest BCUT2D eigenvalue weighted by Gasteiger charge is 2.16. The van der Waals surface area contributed by atoms with Crippen molar-refractivity contribution in [2.75, 3.05) is 33.4 Å². The maximum absolute atomic E-state index is 11.0. The Balaban J connectivity index is 3.64. The van der Waals surface area contributed by atoms with Crippen LogP contribution in [0, 0.1) is 0 Å². The Morgan fingerprint density at radius 3 is 2.67 bits per heavy atom. The molecule has 0 spiro atoms. The molecule has 0 heterocycles. The van der Waals surface area contributed by atoms with Gasteiger partial charge in [-0.2, -0.15) is 0 Å². The second-order valence-corrected chi connectivity index (χ2v) is 2.71. The average Bonchev–Trinajstić information content (AvgIpc) is 2.18. The largest absolute Gasteiger partial charge is 0.479 e. The number of ether oxygens (including phenoxy) is 2. The molecule has 0 aromatic rings. The first kappa shape index (κ1) is 13.8. The Kier molecular flexibility index (Phi) is 7.51. The summed E-state index contributed by atoms with van der Waals surface area (Å²) in [5.74, 6) is -1.52. The lowest BCUT2D eigenvalue weighted by Crippen LogP contribution is -2.39. The van der Waals surface area contributed by atoms with Gasteiger partial charge >= 0.3 is 5.97 Å². The van der Waals surface area contributed by atoms with Crippen molar-refractivity contribution in [1.29, 1.82) is 0 Å². The van der Waals surface area contributed by atoms with E-state index in [0.29, 0.717) is 13.2 Å². The summed E-state index contributed by atoms with van der Waals surface area (Å²) in [6, 6.07) is 0. The number of methoxy groups -OCH3 is 1. The lowest BCUT2D eigenvalue weighted by atomic mass is 10.3. The van der Waals surface area contributed by atoms with E-state index in [1.165, 1.54) is 7.11 Å². The molecule has 0 radical (unpaired) electrons. The summed E-state index contributed by atoms with van der Waals surface area (Å²) < 4.78 is 9.46. The molecule has 0 fully saturated rings. The Morgan fingerprint density at radius 2 is 2.20 bits per heavy atom. The molecule has 0 aromatic carbocycles. The lowest BCUT2D eigenvalue weighted by Gasteiger charge is -2.11. The third-order valence-corrected chi connectivity index (χ3v) is 1.54. The molecule has 0 aliphatic carbocycles. The highest BCUT2D eigenvalue weighted by Crippen LogP contribution is 1.87. The van der Waals surface area contributed by atoms with Gasteiger partial charge in [0.05, 0.1) is 13.2 Å². The zero-order valence-corrected chi connectivity index (χ0v) is 8.56. The molecule has 0 saturated carbocycles. The molecule has 0 bridgehead atoms. The smallest absolute Gasteiger partial charge is 0.334 e. The van der Waals surface area contributed by atoms with E-state index < -0.39 is 18.0 Å². The van der Waals surface area contributed by atoms with Crippen molar-refractivity contribution in [1.82, 2.24) is 5.32 Å². The van der Waals surface area contributed by atoms with Gasteiger partial charge in [-0.05, 0) is 0 Å². The van der Waals surface area contributed by atoms with Crippen LogP contribution in [0.3, 0.4) is 0 Å². The van der Waals surface area contributed by atoms with Crippen molar-refractivity contribution < 1.29 is 24.2 Å². The van der Waals surface area contributed by atoms with Gasteiger partial charge in [0, 0.05) is 13.7 Å². The quantitative estimate of drug-likeness (QED) is 0.415. The summed E-state index contributed by atoms with van der Waals surface area (Å²) in [5.41, 5.74) is 5.14. The molecule has 0 rings (SSSR count). The van der Waals surface area contributed by atoms with E-state index in [1.807, 2.05) is 0 Å². The van der Waals surface area contributed by atoms with E-state index in [0.717, 1.165) is 0 Å². The number of carbonyl (C=O) groups excluding carboxylic acids is 1. The fourth-order valence-electron chi connectivity index (χ4n) is 0.777. The maximum atomic E-state index is 11.0. The van der Waals surface area contributed by atoms with Crippen LogP contribution in [0.5, 0.6) is 0 Å². The molecule has 0 aromatic heterocycles. The predicted molar refractivity (Wildman–Crippen MR) is 51.3 cm³/mol. The number of rotatable bonds is 8. The number of nitrogens with two attached hydrogens (primary N) is 1. The van der Waals surface area contributed by atoms with Crippen LogP contribution in [0.25, 0.3) is 0 Å². The third-order valence-electron chi connectivity index (χ3n) is 1.54. The van der Waals surface area contributed by atoms with Crippen LogP contribution in [0.2, 0.25) is 0 Å². The van der Waals surface area contributed by atoms with Crippen molar-refractivity contribution in [3.05, 3.63) is 0 Å². The van der Waals surface area contributed by atoms with E-state index in [4.69, 9.17) is 15.6 Å². The maximum Gasteiger partial charge on any atom is 0.334 e. The van der Waals surface area contributed by atoms with Gasteiger partial charge in [0.2, 0.25) is 5.91 Å². The van der Waals surface area contributed by atoms with Gasteiger partial charge in [-0.1, -0.05) is 0 Å². The van der Waals surface area contributed by atoms with E-state index in [2.05, 4.69) is 10.1 Å². The minimum absolute atomic E-state index is 0.0867. The fraction of sp³-hybridized carbons (Fsp3) is 0.750. The number of carboxylic acid groups (broad SMARTS) is 1. The summed E-state index contributed by atoms with van der Waals surface area (Å²) in [5, 5.41) is 10.9. The van der Waals surface area contributed by atoms with Crippen LogP contribution in [0.1, 0.15) is 0 Å². The first-order valence-corrected chi connectivity index (χ1v) is 4.42. The van der Waals surface area contributed by atoms with Gasteiger partial charge in [0.1, 0.15) is 6.61 Å². The number of carboxylic acids is 1. The predicted octanol–water partition coefficient (Wildman–Crippen LogP) is -1.82. The van der Waals surface area contributed by atoms with Crippen LogP contribution in [-0.2, 0) is 19.1 Å². The second kappa shape index (κ2) is 8.16. The third kappa shape index (κ3) is 6.83. The van der Waals surface area contributed by atoms with Crippen molar-refractivity contribution in [3.63, 3.8) is 0 Å². The van der Waals surface area contributed by atoms with E-state index in [9.17, 15) is 9.59 Å². The number of aliphatic carboxylic acids is 1. The molecule has 0 aliphatic rings. The van der Waals surface area contributed by atoms with Gasteiger partial charge in [-0.3, -0.25) is 4.79 Å². The Morgan fingerprint density at radius 1 is 1.53 bits per heavy atom. The van der Waals surface area contributed by atoms with E-state index >= 15 is 0 Å². The van der Waals surface area contributed by atoms with Gasteiger partial charge < -0.3 is 25.6 Å². The first-order chi connectivity index (χ1) is 7.11. The summed E-state index contributed by atoms with van der Waals surface area (Å²) >= 11 is 0. The van der Waals surface area contributed by atoms with Gasteiger partial charge in [-0.25, -0.2) is 4.79 Å². The highest BCUT2D eigenvalue weighted by molar-refractivity contribution is 5.78. The molecule has 7 nitrogen and oxygen atoms in total. The van der Waals surface area contributed by atoms with Crippen LogP contribution < -0.4 is 11.1 Å². The molecule has 1 atom stereocenters. The zero-order valence-electron chi connectivity index (χ0n) is 8.56. The molecule has 1 unspecified atom stereocenters. The average molecular weight is 220 g/mol. The zero-order chi connectivity index (χ0) is 11.7. The van der Waals surface area contributed by atoms with E-state index in [1.54, 1.807) is 0 Å². The highest BCUT2D eigenvalue weighted by atomic mass is 16.5. The monoisotopic (exact) mass is 220 g/mol. The Hall–Kier alpha value is -1.18. The summed E-state index contributed by atoms with van der Waals surface area (Å²) in [4.78, 5) is 21.5. The first-order valence-electron chi connectivity index (χ1n) is 4.42. The Labute approximate surface area is 87.5 Å². The van der Waals surface area contributed by atoms with Crippen LogP contribution in [0.15, 0.2) is 0 Å². The minimum Gasteiger partial charge on any atom is -0.479 e. The molecular weight excluding hydrogens is 204 g/mol. The summed E-state index contributed by atoms with van der Waals surface area (Å²) in [7, 11) is 1.26. The molecule has 1 amide bonds. The SMILES string of the molecule is COC(CNC(=O)COCCN)C(=O)O. The summed E-state index contributed by atoms with van der Waals surface area (Å²) in [6.45, 7) is 0.410. The molecular formula is C8H16N2O5. The van der Waals surface area contributed by atoms with Gasteiger partial charge in [-0.15, -0.1) is 0 Å². The normalized spacial score (nSPS) is 12.1. The van der Waals surface area contributed by atoms with Crippen molar-refractivity contribution in [2.24, 2.45) is 5.73 Å². The number of hydrogen-bond acceptors (Lipinski definition) is 5. The number of amides is 1. The molecule has 88 valence electrons. The molecule has 4 N–H and O–H groups in total. The topological polar surface area (TPSA) is 111 Å². The Bertz CT molecular complexity index is 209. The van der Waals surface area contributed by atoms with Gasteiger partial charge in [0.15, 0.2) is 6.10 Å². The molecule has 15 heavy (non-hydrogen) atoms. The number of hydrogen-bond donors (Lipinski definition) is 3. The summed E-state index contributed by atoms with van der Waals surface area (Å²) in [6.07, 6.45) is -1.04. The van der Waals surface area contributed by atoms with Crippen LogP contribution in [0.4, 0.5) is 0 Å². The van der Waals surface area contributed by atoms with Crippen molar-refractivity contribution >= 4 is 11.9 Å². The fourth-order valence-corrected chi connectivity index (χ4v) is 0.777. The van der Waals surface area contributed by atoms with Crippen LogP contribution in [-0.4, -0.2) is 56.5 Å². The van der Waals surface area contributed by atoms with Gasteiger partial charge in [0.25, 0.3) is 0 Å². The second-order valence-electron chi connectivity index (χ2n) is 2.71. The minimum atomic E-state index is -1.12. The number of nitrogens with one attached hydrogen (secondary N) is 1. The molecule has 7 heteroatoms. The molecule has 0 saturated heterocycles. The number of carbonyl (C=O) groups is 2. The van der Waals surface area contributed by atoms with Crippen molar-refractivity contribution in [3.8, 4) is 0 Å². The standard InChI is InChI=1S/C8H16N2O5/c1-14-6(8(12)13)4-10-7(11)5-15-3-2-9/h6H,2-5,9H2,1H3,(H,10,11)(H,12,13). The van der Waals surface area contributed by atoms with E-state index in [-0.39, 0.29) is 13.2 Å². The lowest BCUT2D eigenvalue weighted by molar-refractivity contribution is -0.148. The van der Waals surface area contributed by atoms with Crippen LogP contribution >= 0.6 is 0 Å². The van der Waals surface area contributed by atoms with Crippen molar-refractivity contribution in [2.45, 2.75) is 6.10 Å². The molecule has 0 aliphatic heterocycles.